The molecule has 3 heterocycles. The number of carbonyl (C=O) groups excluding carboxylic acids is 1. The number of amides is 1. The number of rotatable bonds is 1. The van der Waals surface area contributed by atoms with Gasteiger partial charge in [0.1, 0.15) is 18.0 Å². The fraction of sp³-hybridized carbons (Fsp3) is 0.684. The van der Waals surface area contributed by atoms with Crippen molar-refractivity contribution in [3.63, 3.8) is 0 Å². The van der Waals surface area contributed by atoms with Crippen LogP contribution in [-0.2, 0) is 11.3 Å². The van der Waals surface area contributed by atoms with Crippen molar-refractivity contribution in [3.05, 3.63) is 17.7 Å². The van der Waals surface area contributed by atoms with Crippen LogP contribution >= 0.6 is 0 Å². The molecule has 0 saturated carbocycles. The number of piperidine rings is 1. The summed E-state index contributed by atoms with van der Waals surface area (Å²) in [5, 5.41) is 0. The summed E-state index contributed by atoms with van der Waals surface area (Å²) in [6, 6.07) is 4.07. The third kappa shape index (κ3) is 4.55. The van der Waals surface area contributed by atoms with E-state index < -0.39 is 5.60 Å². The highest BCUT2D eigenvalue weighted by molar-refractivity contribution is 5.68. The van der Waals surface area contributed by atoms with E-state index in [1.807, 2.05) is 32.9 Å². The van der Waals surface area contributed by atoms with Gasteiger partial charge in [-0.05, 0) is 51.7 Å². The van der Waals surface area contributed by atoms with Crippen molar-refractivity contribution in [1.82, 2.24) is 9.88 Å². The van der Waals surface area contributed by atoms with Crippen LogP contribution in [0, 0.1) is 5.92 Å². The molecule has 138 valence electrons. The molecule has 1 atom stereocenters. The van der Waals surface area contributed by atoms with Crippen molar-refractivity contribution in [2.45, 2.75) is 52.7 Å². The van der Waals surface area contributed by atoms with E-state index in [0.717, 1.165) is 24.5 Å². The van der Waals surface area contributed by atoms with Crippen molar-refractivity contribution in [1.29, 1.82) is 0 Å². The molecule has 1 unspecified atom stereocenters. The molecule has 0 N–H and O–H groups in total. The normalized spacial score (nSPS) is 21.2. The minimum atomic E-state index is -0.500. The average molecular weight is 347 g/mol. The zero-order valence-corrected chi connectivity index (χ0v) is 15.7. The molecule has 25 heavy (non-hydrogen) atoms. The van der Waals surface area contributed by atoms with Gasteiger partial charge in [-0.15, -0.1) is 0 Å². The quantitative estimate of drug-likeness (QED) is 0.779. The molecular weight excluding hydrogens is 318 g/mol. The summed E-state index contributed by atoms with van der Waals surface area (Å²) < 4.78 is 11.3. The Hall–Kier alpha value is -1.98. The fourth-order valence-corrected chi connectivity index (χ4v) is 3.30. The van der Waals surface area contributed by atoms with Crippen LogP contribution in [-0.4, -0.2) is 47.8 Å². The molecule has 1 aromatic heterocycles. The summed E-state index contributed by atoms with van der Waals surface area (Å²) in [6.07, 6.45) is 2.17. The SMILES string of the molecule is CC1CCCN(c2ccc3c(n2)OCCN(C(=O)OC(C)(C)C)C3)C1. The van der Waals surface area contributed by atoms with Crippen LogP contribution in [0.3, 0.4) is 0 Å². The molecule has 2 aliphatic heterocycles. The molecule has 0 bridgehead atoms. The second-order valence-corrected chi connectivity index (χ2v) is 8.08. The van der Waals surface area contributed by atoms with Gasteiger partial charge in [0.15, 0.2) is 0 Å². The number of hydrogen-bond donors (Lipinski definition) is 0. The Balaban J connectivity index is 1.73. The Bertz CT molecular complexity index is 627. The van der Waals surface area contributed by atoms with Gasteiger partial charge in [-0.3, -0.25) is 0 Å². The van der Waals surface area contributed by atoms with E-state index >= 15 is 0 Å². The second kappa shape index (κ2) is 7.10. The minimum absolute atomic E-state index is 0.308. The first-order chi connectivity index (χ1) is 11.8. The highest BCUT2D eigenvalue weighted by atomic mass is 16.6. The van der Waals surface area contributed by atoms with Crippen molar-refractivity contribution >= 4 is 11.9 Å². The average Bonchev–Trinajstić information content (AvgIpc) is 2.75. The Kier molecular flexibility index (Phi) is 5.06. The molecule has 1 saturated heterocycles. The Labute approximate surface area is 150 Å². The van der Waals surface area contributed by atoms with Gasteiger partial charge < -0.3 is 19.3 Å². The number of aromatic nitrogens is 1. The zero-order valence-electron chi connectivity index (χ0n) is 15.7. The first kappa shape index (κ1) is 17.8. The highest BCUT2D eigenvalue weighted by Gasteiger charge is 2.26. The minimum Gasteiger partial charge on any atom is -0.475 e. The Morgan fingerprint density at radius 2 is 2.12 bits per heavy atom. The van der Waals surface area contributed by atoms with Crippen molar-refractivity contribution in [2.24, 2.45) is 5.92 Å². The summed E-state index contributed by atoms with van der Waals surface area (Å²) >= 11 is 0. The smallest absolute Gasteiger partial charge is 0.410 e. The maximum absolute atomic E-state index is 12.3. The Morgan fingerprint density at radius 1 is 1.32 bits per heavy atom. The molecule has 0 radical (unpaired) electrons. The molecule has 0 spiro atoms. The van der Waals surface area contributed by atoms with Crippen LogP contribution in [0.5, 0.6) is 5.88 Å². The fourth-order valence-electron chi connectivity index (χ4n) is 3.30. The van der Waals surface area contributed by atoms with Gasteiger partial charge in [0.25, 0.3) is 0 Å². The molecule has 0 aliphatic carbocycles. The van der Waals surface area contributed by atoms with Crippen LogP contribution < -0.4 is 9.64 Å². The maximum Gasteiger partial charge on any atom is 0.410 e. The van der Waals surface area contributed by atoms with Crippen molar-refractivity contribution in [3.8, 4) is 5.88 Å². The summed E-state index contributed by atoms with van der Waals surface area (Å²) in [7, 11) is 0. The van der Waals surface area contributed by atoms with Crippen LogP contribution in [0.25, 0.3) is 0 Å². The van der Waals surface area contributed by atoms with E-state index in [2.05, 4.69) is 11.8 Å². The van der Waals surface area contributed by atoms with E-state index in [9.17, 15) is 4.79 Å². The van der Waals surface area contributed by atoms with Crippen LogP contribution in [0.2, 0.25) is 0 Å². The van der Waals surface area contributed by atoms with Gasteiger partial charge in [-0.2, -0.15) is 4.98 Å². The monoisotopic (exact) mass is 347 g/mol. The molecule has 6 nitrogen and oxygen atoms in total. The summed E-state index contributed by atoms with van der Waals surface area (Å²) in [5.41, 5.74) is 0.428. The van der Waals surface area contributed by atoms with Crippen LogP contribution in [0.15, 0.2) is 12.1 Å². The van der Waals surface area contributed by atoms with Gasteiger partial charge in [0.2, 0.25) is 5.88 Å². The van der Waals surface area contributed by atoms with Gasteiger partial charge in [-0.1, -0.05) is 6.92 Å². The second-order valence-electron chi connectivity index (χ2n) is 8.08. The number of pyridine rings is 1. The lowest BCUT2D eigenvalue weighted by molar-refractivity contribution is 0.0225. The van der Waals surface area contributed by atoms with E-state index in [0.29, 0.717) is 31.5 Å². The molecule has 3 rings (SSSR count). The predicted molar refractivity (Wildman–Crippen MR) is 97.0 cm³/mol. The van der Waals surface area contributed by atoms with Gasteiger partial charge in [-0.25, -0.2) is 4.79 Å². The predicted octanol–water partition coefficient (Wildman–Crippen LogP) is 3.45. The first-order valence-corrected chi connectivity index (χ1v) is 9.17. The lowest BCUT2D eigenvalue weighted by Crippen LogP contribution is -2.37. The van der Waals surface area contributed by atoms with Gasteiger partial charge >= 0.3 is 6.09 Å². The molecule has 1 fully saturated rings. The summed E-state index contributed by atoms with van der Waals surface area (Å²) in [6.45, 7) is 11.4. The third-order valence-electron chi connectivity index (χ3n) is 4.52. The van der Waals surface area contributed by atoms with E-state index in [1.54, 1.807) is 4.90 Å². The highest BCUT2D eigenvalue weighted by Crippen LogP contribution is 2.28. The van der Waals surface area contributed by atoms with E-state index in [4.69, 9.17) is 14.5 Å². The molecule has 1 amide bonds. The maximum atomic E-state index is 12.3. The lowest BCUT2D eigenvalue weighted by Gasteiger charge is -2.32. The number of fused-ring (bicyclic) bond motifs is 1. The molecule has 6 heteroatoms. The number of anilines is 1. The van der Waals surface area contributed by atoms with Gasteiger partial charge in [0.05, 0.1) is 13.1 Å². The van der Waals surface area contributed by atoms with E-state index in [-0.39, 0.29) is 6.09 Å². The third-order valence-corrected chi connectivity index (χ3v) is 4.52. The number of hydrogen-bond acceptors (Lipinski definition) is 5. The molecule has 1 aromatic rings. The lowest BCUT2D eigenvalue weighted by atomic mass is 10.0. The van der Waals surface area contributed by atoms with Crippen LogP contribution in [0.4, 0.5) is 10.6 Å². The van der Waals surface area contributed by atoms with Gasteiger partial charge in [0, 0.05) is 18.7 Å². The number of nitrogens with zero attached hydrogens (tertiary/aromatic N) is 3. The Morgan fingerprint density at radius 3 is 2.84 bits per heavy atom. The summed E-state index contributed by atoms with van der Waals surface area (Å²) in [5.74, 6) is 2.30. The zero-order chi connectivity index (χ0) is 18.0. The number of ether oxygens (including phenoxy) is 2. The number of carbonyl (C=O) groups is 1. The summed E-state index contributed by atoms with van der Waals surface area (Å²) in [4.78, 5) is 21.1. The van der Waals surface area contributed by atoms with Crippen molar-refractivity contribution in [2.75, 3.05) is 31.1 Å². The van der Waals surface area contributed by atoms with Crippen molar-refractivity contribution < 1.29 is 14.3 Å². The van der Waals surface area contributed by atoms with E-state index in [1.165, 1.54) is 12.8 Å². The largest absolute Gasteiger partial charge is 0.475 e. The molecular formula is C19H29N3O3. The van der Waals surface area contributed by atoms with Crippen LogP contribution in [0.1, 0.15) is 46.1 Å². The topological polar surface area (TPSA) is 54.9 Å². The molecule has 2 aliphatic rings. The first-order valence-electron chi connectivity index (χ1n) is 9.17. The molecule has 0 aromatic carbocycles. The standard InChI is InChI=1S/C19H29N3O3/c1-14-6-5-9-21(12-14)16-8-7-15-13-22(10-11-24-17(15)20-16)18(23)25-19(2,3)4/h7-8,14H,5-6,9-13H2,1-4H3.